The zero-order valence-electron chi connectivity index (χ0n) is 8.23. The number of carbonyl (C=O) groups is 1. The number of aromatic nitrogens is 1. The van der Waals surface area contributed by atoms with Gasteiger partial charge in [-0.15, -0.1) is 0 Å². The Bertz CT molecular complexity index is 407. The first-order chi connectivity index (χ1) is 7.27. The normalized spacial score (nSPS) is 16.4. The summed E-state index contributed by atoms with van der Waals surface area (Å²) in [6.45, 7) is 2.31. The van der Waals surface area contributed by atoms with Crippen molar-refractivity contribution in [2.45, 2.75) is 0 Å². The van der Waals surface area contributed by atoms with E-state index in [2.05, 4.69) is 4.98 Å². The number of H-pyrrole nitrogens is 1. The number of amides is 1. The third kappa shape index (κ3) is 2.24. The summed E-state index contributed by atoms with van der Waals surface area (Å²) in [6.07, 6.45) is 1.48. The van der Waals surface area contributed by atoms with Crippen LogP contribution in [0.1, 0.15) is 10.4 Å². The summed E-state index contributed by atoms with van der Waals surface area (Å²) in [6, 6.07) is 2.93. The topological polar surface area (TPSA) is 62.4 Å². The molecule has 5 heteroatoms. The maximum atomic E-state index is 11.9. The quantitative estimate of drug-likeness (QED) is 0.698. The van der Waals surface area contributed by atoms with Gasteiger partial charge in [0.1, 0.15) is 0 Å². The zero-order chi connectivity index (χ0) is 10.7. The Morgan fingerprint density at radius 3 is 2.80 bits per heavy atom. The highest BCUT2D eigenvalue weighted by Gasteiger charge is 2.18. The van der Waals surface area contributed by atoms with Crippen LogP contribution >= 0.6 is 0 Å². The SMILES string of the molecule is O=C(c1cc[nH]c(=O)c1)N1CCOCC1. The van der Waals surface area contributed by atoms with Crippen LogP contribution in [-0.2, 0) is 4.74 Å². The van der Waals surface area contributed by atoms with Crippen LogP contribution in [-0.4, -0.2) is 42.1 Å². The number of rotatable bonds is 1. The molecule has 0 unspecified atom stereocenters. The lowest BCUT2D eigenvalue weighted by Crippen LogP contribution is -2.40. The van der Waals surface area contributed by atoms with E-state index in [4.69, 9.17) is 4.74 Å². The van der Waals surface area contributed by atoms with Gasteiger partial charge in [0.2, 0.25) is 5.56 Å². The van der Waals surface area contributed by atoms with Gasteiger partial charge < -0.3 is 14.6 Å². The minimum Gasteiger partial charge on any atom is -0.378 e. The van der Waals surface area contributed by atoms with Crippen molar-refractivity contribution < 1.29 is 9.53 Å². The molecule has 0 bridgehead atoms. The summed E-state index contributed by atoms with van der Waals surface area (Å²) in [4.78, 5) is 27.1. The van der Waals surface area contributed by atoms with Crippen LogP contribution in [0, 0.1) is 0 Å². The molecule has 0 aromatic carbocycles. The summed E-state index contributed by atoms with van der Waals surface area (Å²) in [5.41, 5.74) is 0.176. The van der Waals surface area contributed by atoms with Crippen LogP contribution < -0.4 is 5.56 Å². The number of ether oxygens (including phenoxy) is 1. The highest BCUT2D eigenvalue weighted by Crippen LogP contribution is 2.04. The van der Waals surface area contributed by atoms with Crippen LogP contribution in [0.5, 0.6) is 0 Å². The molecule has 1 aliphatic heterocycles. The Labute approximate surface area is 86.7 Å². The number of carbonyl (C=O) groups excluding carboxylic acids is 1. The standard InChI is InChI=1S/C10H12N2O3/c13-9-7-8(1-2-11-9)10(14)12-3-5-15-6-4-12/h1-2,7H,3-6H2,(H,11,13). The van der Waals surface area contributed by atoms with Gasteiger partial charge in [-0.2, -0.15) is 0 Å². The van der Waals surface area contributed by atoms with Gasteiger partial charge in [-0.05, 0) is 6.07 Å². The Morgan fingerprint density at radius 1 is 1.40 bits per heavy atom. The Kier molecular flexibility index (Phi) is 2.82. The van der Waals surface area contributed by atoms with Crippen molar-refractivity contribution in [3.8, 4) is 0 Å². The fraction of sp³-hybridized carbons (Fsp3) is 0.400. The fourth-order valence-electron chi connectivity index (χ4n) is 1.53. The first kappa shape index (κ1) is 9.92. The van der Waals surface area contributed by atoms with E-state index in [0.717, 1.165) is 0 Å². The van der Waals surface area contributed by atoms with Crippen molar-refractivity contribution in [3.63, 3.8) is 0 Å². The maximum Gasteiger partial charge on any atom is 0.254 e. The van der Waals surface area contributed by atoms with Gasteiger partial charge in [-0.25, -0.2) is 0 Å². The predicted molar refractivity (Wildman–Crippen MR) is 53.8 cm³/mol. The molecule has 0 spiro atoms. The van der Waals surface area contributed by atoms with Crippen LogP contribution in [0.25, 0.3) is 0 Å². The number of pyridine rings is 1. The first-order valence-electron chi connectivity index (χ1n) is 4.83. The molecule has 1 saturated heterocycles. The van der Waals surface area contributed by atoms with Crippen molar-refractivity contribution in [3.05, 3.63) is 34.2 Å². The van der Waals surface area contributed by atoms with E-state index < -0.39 is 0 Å². The second-order valence-corrected chi connectivity index (χ2v) is 3.35. The summed E-state index contributed by atoms with van der Waals surface area (Å²) >= 11 is 0. The van der Waals surface area contributed by atoms with Crippen molar-refractivity contribution >= 4 is 5.91 Å². The summed E-state index contributed by atoms with van der Waals surface area (Å²) in [5.74, 6) is -0.107. The molecule has 2 rings (SSSR count). The second kappa shape index (κ2) is 4.27. The number of nitrogens with one attached hydrogen (secondary N) is 1. The molecule has 1 aromatic rings. The number of hydrogen-bond acceptors (Lipinski definition) is 3. The lowest BCUT2D eigenvalue weighted by Gasteiger charge is -2.26. The van der Waals surface area contributed by atoms with Crippen LogP contribution in [0.15, 0.2) is 23.1 Å². The lowest BCUT2D eigenvalue weighted by atomic mass is 10.2. The van der Waals surface area contributed by atoms with E-state index in [-0.39, 0.29) is 11.5 Å². The average Bonchev–Trinajstić information content (AvgIpc) is 2.29. The minimum atomic E-state index is -0.255. The molecular formula is C10H12N2O3. The summed E-state index contributed by atoms with van der Waals surface area (Å²) in [7, 11) is 0. The van der Waals surface area contributed by atoms with E-state index in [1.54, 1.807) is 11.0 Å². The summed E-state index contributed by atoms with van der Waals surface area (Å²) < 4.78 is 5.15. The van der Waals surface area contributed by atoms with Crippen LogP contribution in [0.2, 0.25) is 0 Å². The van der Waals surface area contributed by atoms with E-state index in [1.165, 1.54) is 12.3 Å². The lowest BCUT2D eigenvalue weighted by molar-refractivity contribution is 0.0302. The molecule has 1 aromatic heterocycles. The molecule has 2 heterocycles. The Balaban J connectivity index is 2.16. The maximum absolute atomic E-state index is 11.9. The largest absolute Gasteiger partial charge is 0.378 e. The van der Waals surface area contributed by atoms with Gasteiger partial charge >= 0.3 is 0 Å². The number of morpholine rings is 1. The van der Waals surface area contributed by atoms with E-state index >= 15 is 0 Å². The monoisotopic (exact) mass is 208 g/mol. The third-order valence-electron chi connectivity index (χ3n) is 2.32. The van der Waals surface area contributed by atoms with Gasteiger partial charge in [0.25, 0.3) is 5.91 Å². The predicted octanol–water partition coefficient (Wildman–Crippen LogP) is -0.153. The molecular weight excluding hydrogens is 196 g/mol. The first-order valence-corrected chi connectivity index (χ1v) is 4.83. The molecule has 0 aliphatic carbocycles. The third-order valence-corrected chi connectivity index (χ3v) is 2.32. The molecule has 80 valence electrons. The number of aromatic amines is 1. The molecule has 1 N–H and O–H groups in total. The highest BCUT2D eigenvalue weighted by atomic mass is 16.5. The minimum absolute atomic E-state index is 0.107. The smallest absolute Gasteiger partial charge is 0.254 e. The molecule has 15 heavy (non-hydrogen) atoms. The van der Waals surface area contributed by atoms with Gasteiger partial charge in [0.15, 0.2) is 0 Å². The zero-order valence-corrected chi connectivity index (χ0v) is 8.23. The van der Waals surface area contributed by atoms with Crippen molar-refractivity contribution in [2.24, 2.45) is 0 Å². The Hall–Kier alpha value is -1.62. The molecule has 0 radical (unpaired) electrons. The number of hydrogen-bond donors (Lipinski definition) is 1. The highest BCUT2D eigenvalue weighted by molar-refractivity contribution is 5.94. The van der Waals surface area contributed by atoms with Crippen LogP contribution in [0.3, 0.4) is 0 Å². The second-order valence-electron chi connectivity index (χ2n) is 3.35. The molecule has 0 atom stereocenters. The van der Waals surface area contributed by atoms with Crippen LogP contribution in [0.4, 0.5) is 0 Å². The van der Waals surface area contributed by atoms with Crippen molar-refractivity contribution in [1.29, 1.82) is 0 Å². The Morgan fingerprint density at radius 2 is 2.13 bits per heavy atom. The molecule has 0 saturated carbocycles. The van der Waals surface area contributed by atoms with Gasteiger partial charge in [-0.1, -0.05) is 0 Å². The van der Waals surface area contributed by atoms with E-state index in [0.29, 0.717) is 31.9 Å². The van der Waals surface area contributed by atoms with E-state index in [1.807, 2.05) is 0 Å². The van der Waals surface area contributed by atoms with Gasteiger partial charge in [-0.3, -0.25) is 9.59 Å². The average molecular weight is 208 g/mol. The van der Waals surface area contributed by atoms with Crippen molar-refractivity contribution in [2.75, 3.05) is 26.3 Å². The van der Waals surface area contributed by atoms with Crippen molar-refractivity contribution in [1.82, 2.24) is 9.88 Å². The van der Waals surface area contributed by atoms with E-state index in [9.17, 15) is 9.59 Å². The molecule has 1 aliphatic rings. The fourth-order valence-corrected chi connectivity index (χ4v) is 1.53. The van der Waals surface area contributed by atoms with Gasteiger partial charge in [0, 0.05) is 30.9 Å². The summed E-state index contributed by atoms with van der Waals surface area (Å²) in [5, 5.41) is 0. The molecule has 5 nitrogen and oxygen atoms in total. The molecule has 1 fully saturated rings. The van der Waals surface area contributed by atoms with Gasteiger partial charge in [0.05, 0.1) is 13.2 Å². The number of nitrogens with zero attached hydrogens (tertiary/aromatic N) is 1. The molecule has 1 amide bonds.